The molecule has 0 bridgehead atoms. The Kier molecular flexibility index (Phi) is 47.3. The van der Waals surface area contributed by atoms with Crippen molar-refractivity contribution in [2.24, 2.45) is 27.9 Å². The fourth-order valence-electron chi connectivity index (χ4n) is 6.17. The van der Waals surface area contributed by atoms with E-state index in [9.17, 15) is 9.59 Å². The van der Waals surface area contributed by atoms with Crippen LogP contribution in [0.2, 0.25) is 0 Å². The Morgan fingerprint density at radius 2 is 0.980 bits per heavy atom. The van der Waals surface area contributed by atoms with Gasteiger partial charge >= 0.3 is 0 Å². The first kappa shape index (κ1) is 55.8. The SMILES string of the molecule is CCCCCCCCCCCCCCN(CCCCCCCCCCCC)C(=O)[C@H](CCCCN)NC(=O)[C@H](N)CCCN=C(N)N.Cl.Cl.Cl. The molecule has 0 aliphatic rings. The number of unbranched alkanes of at least 4 members (excludes halogenated alkanes) is 21. The zero-order valence-corrected chi connectivity index (χ0v) is 34.8. The van der Waals surface area contributed by atoms with Crippen molar-refractivity contribution in [1.82, 2.24) is 10.2 Å². The number of carbonyl (C=O) groups is 2. The first-order chi connectivity index (χ1) is 22.9. The molecule has 0 radical (unpaired) electrons. The van der Waals surface area contributed by atoms with Crippen LogP contribution in [0.3, 0.4) is 0 Å². The zero-order chi connectivity index (χ0) is 34.8. The number of halogens is 3. The Balaban J connectivity index is -0.00000353. The summed E-state index contributed by atoms with van der Waals surface area (Å²) in [5.74, 6) is -0.226. The molecule has 0 aliphatic heterocycles. The van der Waals surface area contributed by atoms with E-state index in [1.165, 1.54) is 116 Å². The third kappa shape index (κ3) is 35.4. The van der Waals surface area contributed by atoms with Gasteiger partial charge in [-0.2, -0.15) is 0 Å². The second-order valence-corrected chi connectivity index (χ2v) is 13.8. The Bertz CT molecular complexity index is 762. The van der Waals surface area contributed by atoms with Crippen LogP contribution < -0.4 is 28.3 Å². The number of amides is 2. The molecule has 0 heterocycles. The van der Waals surface area contributed by atoms with Gasteiger partial charge in [-0.15, -0.1) is 37.2 Å². The summed E-state index contributed by atoms with van der Waals surface area (Å²) >= 11 is 0. The molecule has 9 nitrogen and oxygen atoms in total. The summed E-state index contributed by atoms with van der Waals surface area (Å²) in [4.78, 5) is 33.0. The number of nitrogens with zero attached hydrogens (tertiary/aromatic N) is 2. The Labute approximate surface area is 327 Å². The van der Waals surface area contributed by atoms with Crippen molar-refractivity contribution >= 4 is 55.0 Å². The van der Waals surface area contributed by atoms with E-state index in [2.05, 4.69) is 24.2 Å². The second kappa shape index (κ2) is 42.4. The van der Waals surface area contributed by atoms with Crippen LogP contribution in [0.1, 0.15) is 187 Å². The number of nitrogens with one attached hydrogen (secondary N) is 1. The third-order valence-electron chi connectivity index (χ3n) is 9.24. The van der Waals surface area contributed by atoms with Crippen LogP contribution in [0.5, 0.6) is 0 Å². The number of hydrogen-bond acceptors (Lipinski definition) is 5. The summed E-state index contributed by atoms with van der Waals surface area (Å²) in [5, 5.41) is 3.01. The lowest BCUT2D eigenvalue weighted by molar-refractivity contribution is -0.137. The first-order valence-electron chi connectivity index (χ1n) is 20.0. The molecule has 0 saturated carbocycles. The van der Waals surface area contributed by atoms with E-state index in [-0.39, 0.29) is 55.0 Å². The smallest absolute Gasteiger partial charge is 0.245 e. The monoisotopic (exact) mass is 774 g/mol. The molecule has 9 N–H and O–H groups in total. The summed E-state index contributed by atoms with van der Waals surface area (Å²) in [6.45, 7) is 7.03. The van der Waals surface area contributed by atoms with Crippen LogP contribution in [0.25, 0.3) is 0 Å². The maximum Gasteiger partial charge on any atom is 0.245 e. The number of guanidine groups is 1. The van der Waals surface area contributed by atoms with Crippen LogP contribution in [0.15, 0.2) is 4.99 Å². The molecule has 50 heavy (non-hydrogen) atoms. The highest BCUT2D eigenvalue weighted by Crippen LogP contribution is 2.15. The molecule has 302 valence electrons. The van der Waals surface area contributed by atoms with Gasteiger partial charge in [0.15, 0.2) is 5.96 Å². The minimum Gasteiger partial charge on any atom is -0.370 e. The van der Waals surface area contributed by atoms with Crippen molar-refractivity contribution in [1.29, 1.82) is 0 Å². The number of rotatable bonds is 35. The summed E-state index contributed by atoms with van der Waals surface area (Å²) in [6.07, 6.45) is 31.4. The van der Waals surface area contributed by atoms with E-state index in [1.54, 1.807) is 0 Å². The van der Waals surface area contributed by atoms with Gasteiger partial charge in [0.05, 0.1) is 6.04 Å². The average Bonchev–Trinajstić information content (AvgIpc) is 3.06. The number of nitrogens with two attached hydrogens (primary N) is 4. The number of carbonyl (C=O) groups excluding carboxylic acids is 2. The second-order valence-electron chi connectivity index (χ2n) is 13.8. The maximum absolute atomic E-state index is 13.9. The van der Waals surface area contributed by atoms with Gasteiger partial charge in [0, 0.05) is 19.6 Å². The Hall–Kier alpha value is -1.00. The van der Waals surface area contributed by atoms with Crippen LogP contribution in [0, 0.1) is 0 Å². The standard InChI is InChI=1S/C38H79N7O2.3ClH/c1-3-5-7-9-11-13-15-16-18-20-22-26-33-45(32-25-21-19-17-14-12-10-8-6-4-2)37(47)35(29-23-24-30-39)44-36(46)34(40)28-27-31-43-38(41)42;;;/h34-35H,3-33,39-40H2,1-2H3,(H,44,46)(H4,41,42,43);3*1H/t34-,35+;;;/m1.../s1. The number of hydrogen-bond donors (Lipinski definition) is 5. The lowest BCUT2D eigenvalue weighted by Crippen LogP contribution is -2.53. The summed E-state index contributed by atoms with van der Waals surface area (Å²) in [7, 11) is 0. The lowest BCUT2D eigenvalue weighted by Gasteiger charge is -2.29. The van der Waals surface area contributed by atoms with E-state index in [4.69, 9.17) is 22.9 Å². The van der Waals surface area contributed by atoms with Gasteiger partial charge in [0.2, 0.25) is 11.8 Å². The van der Waals surface area contributed by atoms with Crippen molar-refractivity contribution in [2.45, 2.75) is 199 Å². The highest BCUT2D eigenvalue weighted by molar-refractivity contribution is 5.89. The predicted octanol–water partition coefficient (Wildman–Crippen LogP) is 8.70. The fourth-order valence-corrected chi connectivity index (χ4v) is 6.17. The van der Waals surface area contributed by atoms with Crippen molar-refractivity contribution in [3.63, 3.8) is 0 Å². The van der Waals surface area contributed by atoms with E-state index in [0.29, 0.717) is 32.4 Å². The third-order valence-corrected chi connectivity index (χ3v) is 9.24. The average molecular weight is 775 g/mol. The summed E-state index contributed by atoms with van der Waals surface area (Å²) < 4.78 is 0. The molecule has 0 aromatic heterocycles. The van der Waals surface area contributed by atoms with Crippen molar-refractivity contribution < 1.29 is 9.59 Å². The molecule has 0 spiro atoms. The Morgan fingerprint density at radius 3 is 1.36 bits per heavy atom. The molecule has 2 amide bonds. The van der Waals surface area contributed by atoms with Crippen LogP contribution in [-0.2, 0) is 9.59 Å². The molecular formula is C38H82Cl3N7O2. The highest BCUT2D eigenvalue weighted by Gasteiger charge is 2.27. The lowest BCUT2D eigenvalue weighted by atomic mass is 10.0. The van der Waals surface area contributed by atoms with E-state index in [1.807, 2.05) is 4.90 Å². The maximum atomic E-state index is 13.9. The molecule has 0 saturated heterocycles. The number of aliphatic imine (C=N–C) groups is 1. The minimum absolute atomic E-state index is 0. The largest absolute Gasteiger partial charge is 0.370 e. The van der Waals surface area contributed by atoms with Crippen molar-refractivity contribution in [3.05, 3.63) is 0 Å². The minimum atomic E-state index is -0.708. The molecule has 0 rings (SSSR count). The Morgan fingerprint density at radius 1 is 0.580 bits per heavy atom. The highest BCUT2D eigenvalue weighted by atomic mass is 35.5. The van der Waals surface area contributed by atoms with Gasteiger partial charge in [-0.25, -0.2) is 0 Å². The van der Waals surface area contributed by atoms with Gasteiger partial charge in [0.25, 0.3) is 0 Å². The van der Waals surface area contributed by atoms with Gasteiger partial charge in [-0.05, 0) is 51.5 Å². The quantitative estimate of drug-likeness (QED) is 0.0246. The fraction of sp³-hybridized carbons (Fsp3) is 0.921. The zero-order valence-electron chi connectivity index (χ0n) is 32.3. The van der Waals surface area contributed by atoms with Crippen LogP contribution >= 0.6 is 37.2 Å². The molecule has 0 unspecified atom stereocenters. The van der Waals surface area contributed by atoms with Crippen LogP contribution in [0.4, 0.5) is 0 Å². The van der Waals surface area contributed by atoms with Gasteiger partial charge < -0.3 is 33.2 Å². The molecule has 0 aliphatic carbocycles. The molecule has 0 aromatic carbocycles. The predicted molar refractivity (Wildman–Crippen MR) is 224 cm³/mol. The van der Waals surface area contributed by atoms with Gasteiger partial charge in [-0.3, -0.25) is 14.6 Å². The topological polar surface area (TPSA) is 166 Å². The molecule has 0 fully saturated rings. The van der Waals surface area contributed by atoms with Crippen LogP contribution in [-0.4, -0.2) is 60.9 Å². The summed E-state index contributed by atoms with van der Waals surface area (Å²) in [5.41, 5.74) is 22.8. The normalized spacial score (nSPS) is 11.8. The van der Waals surface area contributed by atoms with E-state index in [0.717, 1.165) is 51.6 Å². The first-order valence-corrected chi connectivity index (χ1v) is 20.0. The van der Waals surface area contributed by atoms with E-state index >= 15 is 0 Å². The molecular weight excluding hydrogens is 693 g/mol. The molecule has 12 heteroatoms. The summed E-state index contributed by atoms with van der Waals surface area (Å²) in [6, 6.07) is -1.28. The molecule has 0 aromatic rings. The van der Waals surface area contributed by atoms with Crippen molar-refractivity contribution in [3.8, 4) is 0 Å². The van der Waals surface area contributed by atoms with Crippen molar-refractivity contribution in [2.75, 3.05) is 26.2 Å². The van der Waals surface area contributed by atoms with E-state index < -0.39 is 12.1 Å². The van der Waals surface area contributed by atoms with Gasteiger partial charge in [-0.1, -0.05) is 142 Å². The molecule has 2 atom stereocenters. The van der Waals surface area contributed by atoms with Gasteiger partial charge in [0.1, 0.15) is 6.04 Å².